The number of carbonyl (C=O) groups excluding carboxylic acids is 1. The molecule has 6 rings (SSSR count). The van der Waals surface area contributed by atoms with E-state index in [0.717, 1.165) is 51.4 Å². The van der Waals surface area contributed by atoms with Gasteiger partial charge in [-0.25, -0.2) is 4.79 Å². The number of aromatic hydroxyl groups is 1. The van der Waals surface area contributed by atoms with Crippen molar-refractivity contribution in [3.63, 3.8) is 0 Å². The Balaban J connectivity index is 1.47. The number of rotatable bonds is 3. The highest BCUT2D eigenvalue weighted by Gasteiger charge is 2.75. The Labute approximate surface area is 253 Å². The maximum absolute atomic E-state index is 13.8. The molecule has 12 atom stereocenters. The summed E-state index contributed by atoms with van der Waals surface area (Å²) in [5.74, 6) is 1.19. The number of esters is 1. The van der Waals surface area contributed by atoms with Gasteiger partial charge in [-0.2, -0.15) is 0 Å². The van der Waals surface area contributed by atoms with Gasteiger partial charge in [0.05, 0.1) is 17.8 Å². The molecule has 5 aliphatic carbocycles. The highest BCUT2D eigenvalue weighted by atomic mass is 16.5. The van der Waals surface area contributed by atoms with Crippen molar-refractivity contribution in [3.8, 4) is 5.75 Å². The second kappa shape index (κ2) is 9.57. The summed E-state index contributed by atoms with van der Waals surface area (Å²) >= 11 is 0. The molecule has 0 aliphatic heterocycles. The van der Waals surface area contributed by atoms with Gasteiger partial charge in [0, 0.05) is 5.41 Å². The van der Waals surface area contributed by atoms with Gasteiger partial charge in [-0.3, -0.25) is 0 Å². The average molecular weight is 579 g/mol. The molecule has 42 heavy (non-hydrogen) atoms. The van der Waals surface area contributed by atoms with Crippen molar-refractivity contribution in [1.29, 1.82) is 0 Å². The first-order valence-corrected chi connectivity index (χ1v) is 16.5. The van der Waals surface area contributed by atoms with Crippen LogP contribution in [-0.4, -0.2) is 39.6 Å². The molecular weight excluding hydrogens is 524 g/mol. The Morgan fingerprint density at radius 1 is 0.952 bits per heavy atom. The standard InChI is InChI=1S/C37H54O5/c1-21(2)24-13-16-34(5)20-29(42-32(41)22-9-11-23(38)12-10-22)37(8)25(30(24)34)19-26(39)31-35(6)17-15-28(40)33(3,4)27(35)14-18-36(31,37)7/h9-12,24-31,38-40H,1,13-20H2,2-8H3/t24-,25+,26+,27-,28-,29-,30+,31+,34+,35-,36+,37-/m0/s1. The van der Waals surface area contributed by atoms with E-state index in [9.17, 15) is 20.1 Å². The molecule has 5 saturated carbocycles. The van der Waals surface area contributed by atoms with E-state index in [-0.39, 0.29) is 62.8 Å². The van der Waals surface area contributed by atoms with Crippen LogP contribution in [0.4, 0.5) is 0 Å². The second-order valence-corrected chi connectivity index (χ2v) is 16.9. The molecule has 0 unspecified atom stereocenters. The summed E-state index contributed by atoms with van der Waals surface area (Å²) in [4.78, 5) is 13.8. The molecular formula is C37H54O5. The number of hydrogen-bond acceptors (Lipinski definition) is 5. The van der Waals surface area contributed by atoms with Crippen molar-refractivity contribution in [2.45, 2.75) is 118 Å². The van der Waals surface area contributed by atoms with Crippen LogP contribution in [0, 0.1) is 56.7 Å². The molecule has 1 aromatic rings. The lowest BCUT2D eigenvalue weighted by molar-refractivity contribution is -0.298. The number of phenols is 1. The van der Waals surface area contributed by atoms with E-state index in [1.807, 2.05) is 0 Å². The Morgan fingerprint density at radius 3 is 2.26 bits per heavy atom. The molecule has 0 radical (unpaired) electrons. The zero-order valence-electron chi connectivity index (χ0n) is 27.0. The van der Waals surface area contributed by atoms with Crippen LogP contribution in [0.1, 0.15) is 110 Å². The minimum atomic E-state index is -0.436. The van der Waals surface area contributed by atoms with Gasteiger partial charge < -0.3 is 20.1 Å². The lowest BCUT2D eigenvalue weighted by Gasteiger charge is -2.74. The van der Waals surface area contributed by atoms with Crippen molar-refractivity contribution in [3.05, 3.63) is 42.0 Å². The van der Waals surface area contributed by atoms with Crippen LogP contribution in [-0.2, 0) is 4.74 Å². The van der Waals surface area contributed by atoms with E-state index in [0.29, 0.717) is 23.3 Å². The summed E-state index contributed by atoms with van der Waals surface area (Å²) in [7, 11) is 0. The Kier molecular flexibility index (Phi) is 6.88. The topological polar surface area (TPSA) is 87.0 Å². The number of hydrogen-bond donors (Lipinski definition) is 3. The number of aliphatic hydroxyl groups excluding tert-OH is 2. The van der Waals surface area contributed by atoms with E-state index < -0.39 is 6.10 Å². The largest absolute Gasteiger partial charge is 0.508 e. The Morgan fingerprint density at radius 2 is 1.62 bits per heavy atom. The molecule has 0 spiro atoms. The maximum atomic E-state index is 13.8. The highest BCUT2D eigenvalue weighted by molar-refractivity contribution is 5.89. The molecule has 0 saturated heterocycles. The quantitative estimate of drug-likeness (QED) is 0.255. The number of aliphatic hydroxyl groups is 2. The predicted octanol–water partition coefficient (Wildman–Crippen LogP) is 7.54. The van der Waals surface area contributed by atoms with Gasteiger partial charge in [0.25, 0.3) is 0 Å². The molecule has 0 amide bonds. The molecule has 1 aromatic carbocycles. The van der Waals surface area contributed by atoms with Gasteiger partial charge in [0.1, 0.15) is 11.9 Å². The Bertz CT molecular complexity index is 1250. The van der Waals surface area contributed by atoms with Crippen LogP contribution in [0.25, 0.3) is 0 Å². The minimum Gasteiger partial charge on any atom is -0.508 e. The van der Waals surface area contributed by atoms with E-state index in [2.05, 4.69) is 55.0 Å². The molecule has 0 heterocycles. The average Bonchev–Trinajstić information content (AvgIpc) is 3.25. The lowest BCUT2D eigenvalue weighted by atomic mass is 9.31. The molecule has 0 aromatic heterocycles. The van der Waals surface area contributed by atoms with Gasteiger partial charge in [0.2, 0.25) is 0 Å². The van der Waals surface area contributed by atoms with Crippen LogP contribution in [0.2, 0.25) is 0 Å². The second-order valence-electron chi connectivity index (χ2n) is 16.9. The summed E-state index contributed by atoms with van der Waals surface area (Å²) in [5.41, 5.74) is 0.808. The van der Waals surface area contributed by atoms with Gasteiger partial charge in [-0.15, -0.1) is 0 Å². The van der Waals surface area contributed by atoms with Crippen LogP contribution in [0.3, 0.4) is 0 Å². The number of benzene rings is 1. The van der Waals surface area contributed by atoms with Gasteiger partial charge >= 0.3 is 5.97 Å². The number of fused-ring (bicyclic) bond motifs is 7. The number of allylic oxidation sites excluding steroid dienone is 1. The van der Waals surface area contributed by atoms with Gasteiger partial charge in [0.15, 0.2) is 0 Å². The molecule has 5 aliphatic rings. The van der Waals surface area contributed by atoms with Crippen LogP contribution in [0.15, 0.2) is 36.4 Å². The fourth-order valence-corrected chi connectivity index (χ4v) is 12.6. The summed E-state index contributed by atoms with van der Waals surface area (Å²) in [5, 5.41) is 33.3. The van der Waals surface area contributed by atoms with Gasteiger partial charge in [-0.05, 0) is 134 Å². The fourth-order valence-electron chi connectivity index (χ4n) is 12.6. The van der Waals surface area contributed by atoms with E-state index in [4.69, 9.17) is 4.74 Å². The summed E-state index contributed by atoms with van der Waals surface area (Å²) in [6, 6.07) is 6.38. The van der Waals surface area contributed by atoms with Crippen molar-refractivity contribution in [2.24, 2.45) is 56.7 Å². The third-order valence-corrected chi connectivity index (χ3v) is 14.7. The third-order valence-electron chi connectivity index (χ3n) is 14.7. The molecule has 5 heteroatoms. The molecule has 232 valence electrons. The maximum Gasteiger partial charge on any atom is 0.338 e. The fraction of sp³-hybridized carbons (Fsp3) is 0.757. The minimum absolute atomic E-state index is 0.00859. The Hall–Kier alpha value is -1.85. The molecule has 5 fully saturated rings. The first-order chi connectivity index (χ1) is 19.5. The summed E-state index contributed by atoms with van der Waals surface area (Å²) in [6.45, 7) is 20.7. The third kappa shape index (κ3) is 3.90. The van der Waals surface area contributed by atoms with Crippen LogP contribution < -0.4 is 0 Å². The van der Waals surface area contributed by atoms with E-state index >= 15 is 0 Å². The summed E-state index contributed by atoms with van der Waals surface area (Å²) in [6.07, 6.45) is 6.31. The van der Waals surface area contributed by atoms with Crippen LogP contribution >= 0.6 is 0 Å². The highest BCUT2D eigenvalue weighted by Crippen LogP contribution is 2.77. The zero-order valence-corrected chi connectivity index (χ0v) is 27.0. The predicted molar refractivity (Wildman–Crippen MR) is 165 cm³/mol. The monoisotopic (exact) mass is 578 g/mol. The van der Waals surface area contributed by atoms with Crippen molar-refractivity contribution in [1.82, 2.24) is 0 Å². The van der Waals surface area contributed by atoms with Gasteiger partial charge in [-0.1, -0.05) is 53.7 Å². The molecule has 5 nitrogen and oxygen atoms in total. The van der Waals surface area contributed by atoms with Crippen LogP contribution in [0.5, 0.6) is 5.75 Å². The normalized spacial score (nSPS) is 49.2. The summed E-state index contributed by atoms with van der Waals surface area (Å²) < 4.78 is 6.67. The van der Waals surface area contributed by atoms with Crippen molar-refractivity contribution in [2.75, 3.05) is 0 Å². The number of phenolic OH excluding ortho intramolecular Hbond substituents is 1. The SMILES string of the molecule is C=C(C)[C@@H]1CC[C@]2(C)C[C@H](OC(=O)c3ccc(O)cc3)[C@]3(C)[C@H](C[C@@H](O)[C@@H]4[C@@]5(C)CC[C@H](O)C(C)(C)[C@@H]5CC[C@]43C)[C@@H]12. The lowest BCUT2D eigenvalue weighted by Crippen LogP contribution is -2.73. The first kappa shape index (κ1) is 30.2. The zero-order chi connectivity index (χ0) is 30.6. The smallest absolute Gasteiger partial charge is 0.338 e. The first-order valence-electron chi connectivity index (χ1n) is 16.5. The van der Waals surface area contributed by atoms with E-state index in [1.54, 1.807) is 24.3 Å². The van der Waals surface area contributed by atoms with Crippen molar-refractivity contribution >= 4 is 5.97 Å². The molecule has 0 bridgehead atoms. The van der Waals surface area contributed by atoms with Crippen molar-refractivity contribution < 1.29 is 24.9 Å². The van der Waals surface area contributed by atoms with E-state index in [1.165, 1.54) is 5.57 Å². The number of carbonyl (C=O) groups is 1. The number of ether oxygens (including phenoxy) is 1. The molecule has 3 N–H and O–H groups in total.